The second kappa shape index (κ2) is 22.5. The van der Waals surface area contributed by atoms with E-state index in [1.54, 1.807) is 62.4 Å². The monoisotopic (exact) mass is 749 g/mol. The lowest BCUT2D eigenvalue weighted by Gasteiger charge is -2.27. The van der Waals surface area contributed by atoms with Gasteiger partial charge in [0.05, 0.1) is 6.42 Å². The molecule has 3 atom stereocenters. The zero-order chi connectivity index (χ0) is 40.2. The second-order valence-electron chi connectivity index (χ2n) is 13.0. The minimum atomic E-state index is -1.08. The number of rotatable bonds is 22. The predicted octanol–water partition coefficient (Wildman–Crippen LogP) is -1.55. The number of hydrogen-bond acceptors (Lipinski definition) is 8. The first-order chi connectivity index (χ1) is 25.5. The summed E-state index contributed by atoms with van der Waals surface area (Å²) in [6, 6.07) is 10.8. The molecular formula is C35H55N15O4. The van der Waals surface area contributed by atoms with Gasteiger partial charge in [-0.2, -0.15) is 0 Å². The van der Waals surface area contributed by atoms with Crippen LogP contribution in [0.2, 0.25) is 0 Å². The first-order valence-corrected chi connectivity index (χ1v) is 17.5. The minimum Gasteiger partial charge on any atom is -0.384 e. The van der Waals surface area contributed by atoms with Gasteiger partial charge in [-0.05, 0) is 48.3 Å². The van der Waals surface area contributed by atoms with Gasteiger partial charge in [0.2, 0.25) is 23.6 Å². The van der Waals surface area contributed by atoms with E-state index < -0.39 is 47.7 Å². The fourth-order valence-electron chi connectivity index (χ4n) is 5.16. The van der Waals surface area contributed by atoms with Crippen LogP contribution >= 0.6 is 0 Å². The summed E-state index contributed by atoms with van der Waals surface area (Å²) in [5.74, 6) is -3.23. The summed E-state index contributed by atoms with van der Waals surface area (Å²) in [6.07, 6.45) is 1.07. The average Bonchev–Trinajstić information content (AvgIpc) is 3.11. The van der Waals surface area contributed by atoms with Gasteiger partial charge in [0, 0.05) is 31.7 Å². The Labute approximate surface area is 314 Å². The summed E-state index contributed by atoms with van der Waals surface area (Å²) in [5, 5.41) is 48.8. The summed E-state index contributed by atoms with van der Waals surface area (Å²) in [5.41, 5.74) is 24.5. The number of carbonyl (C=O) groups excluding carboxylic acids is 4. The van der Waals surface area contributed by atoms with Gasteiger partial charge in [-0.1, -0.05) is 62.4 Å². The Hall–Kier alpha value is -6.40. The number of amides is 4. The molecule has 0 saturated heterocycles. The molecule has 2 aromatic carbocycles. The van der Waals surface area contributed by atoms with Crippen LogP contribution in [0.1, 0.15) is 61.8 Å². The third kappa shape index (κ3) is 16.7. The van der Waals surface area contributed by atoms with Crippen LogP contribution in [0.4, 0.5) is 0 Å². The molecule has 19 N–H and O–H groups in total. The van der Waals surface area contributed by atoms with E-state index in [0.29, 0.717) is 30.5 Å². The van der Waals surface area contributed by atoms with Gasteiger partial charge in [-0.25, -0.2) is 0 Å². The van der Waals surface area contributed by atoms with Crippen LogP contribution in [-0.4, -0.2) is 78.6 Å². The molecule has 294 valence electrons. The Balaban J connectivity index is 2.17. The normalized spacial score (nSPS) is 12.3. The van der Waals surface area contributed by atoms with Gasteiger partial charge < -0.3 is 60.2 Å². The molecule has 1 unspecified atom stereocenters. The Morgan fingerprint density at radius 1 is 0.574 bits per heavy atom. The fraction of sp³-hybridized carbons (Fsp3) is 0.429. The first-order valence-electron chi connectivity index (χ1n) is 17.5. The Kier molecular flexibility index (Phi) is 18.2. The van der Waals surface area contributed by atoms with Crippen LogP contribution in [0, 0.1) is 27.6 Å². The third-order valence-corrected chi connectivity index (χ3v) is 8.10. The number of nitrogens with one attached hydrogen (secondary N) is 11. The molecule has 0 aliphatic rings. The van der Waals surface area contributed by atoms with E-state index in [1.807, 2.05) is 0 Å². The minimum absolute atomic E-state index is 0.0276. The molecule has 2 aromatic rings. The zero-order valence-corrected chi connectivity index (χ0v) is 30.7. The molecule has 0 aliphatic heterocycles. The molecule has 0 fully saturated rings. The van der Waals surface area contributed by atoms with Gasteiger partial charge in [0.15, 0.2) is 17.9 Å². The van der Waals surface area contributed by atoms with Crippen LogP contribution in [0.15, 0.2) is 48.5 Å². The maximum absolute atomic E-state index is 13.7. The molecule has 19 heteroatoms. The van der Waals surface area contributed by atoms with Crippen molar-refractivity contribution in [3.05, 3.63) is 70.8 Å². The Morgan fingerprint density at radius 2 is 1.04 bits per heavy atom. The maximum atomic E-state index is 13.7. The summed E-state index contributed by atoms with van der Waals surface area (Å²) in [4.78, 5) is 53.9. The molecule has 4 amide bonds. The molecule has 54 heavy (non-hydrogen) atoms. The largest absolute Gasteiger partial charge is 0.384 e. The van der Waals surface area contributed by atoms with Crippen LogP contribution in [0.3, 0.4) is 0 Å². The summed E-state index contributed by atoms with van der Waals surface area (Å²) < 4.78 is 0. The second-order valence-corrected chi connectivity index (χ2v) is 13.0. The van der Waals surface area contributed by atoms with Crippen molar-refractivity contribution in [3.63, 3.8) is 0 Å². The SMILES string of the molecule is CC(C)C(NC(=O)[C@H](CCCNC(=N)N)NC(=O)Cc1ccc(CNC(=N)N)cc1)C(=O)N[C@@H](CCCNC(=N)N)C(=O)NCc1ccc(C(=N)N)cc1. The summed E-state index contributed by atoms with van der Waals surface area (Å²) in [7, 11) is 0. The van der Waals surface area contributed by atoms with Gasteiger partial charge >= 0.3 is 0 Å². The lowest BCUT2D eigenvalue weighted by atomic mass is 10.0. The van der Waals surface area contributed by atoms with Crippen molar-refractivity contribution in [1.29, 1.82) is 21.6 Å². The van der Waals surface area contributed by atoms with E-state index >= 15 is 0 Å². The molecule has 0 aromatic heterocycles. The van der Waals surface area contributed by atoms with Crippen LogP contribution in [0.5, 0.6) is 0 Å². The highest BCUT2D eigenvalue weighted by Crippen LogP contribution is 2.10. The number of hydrogen-bond donors (Lipinski definition) is 15. The van der Waals surface area contributed by atoms with Gasteiger partial charge in [0.1, 0.15) is 24.0 Å². The Morgan fingerprint density at radius 3 is 1.52 bits per heavy atom. The van der Waals surface area contributed by atoms with Gasteiger partial charge in [-0.15, -0.1) is 0 Å². The van der Waals surface area contributed by atoms with Crippen molar-refractivity contribution in [3.8, 4) is 0 Å². The highest BCUT2D eigenvalue weighted by molar-refractivity contribution is 5.95. The van der Waals surface area contributed by atoms with Crippen molar-refractivity contribution < 1.29 is 19.2 Å². The summed E-state index contributed by atoms with van der Waals surface area (Å²) >= 11 is 0. The lowest BCUT2D eigenvalue weighted by Crippen LogP contribution is -2.58. The molecular weight excluding hydrogens is 694 g/mol. The van der Waals surface area contributed by atoms with Crippen LogP contribution in [0.25, 0.3) is 0 Å². The molecule has 0 heterocycles. The van der Waals surface area contributed by atoms with Crippen molar-refractivity contribution >= 4 is 47.3 Å². The van der Waals surface area contributed by atoms with Crippen molar-refractivity contribution in [2.75, 3.05) is 13.1 Å². The standard InChI is InChI=1S/C35H55N15O4/c1-20(2)28(32(54)49-25(5-3-15-44-33(38)39)30(52)46-18-23-11-13-24(14-12-23)29(36)37)50-31(53)26(6-4-16-45-34(40)41)48-27(51)17-21-7-9-22(10-8-21)19-47-35(42)43/h7-14,20,25-26,28H,3-6,15-19H2,1-2H3,(H3,36,37)(H,46,52)(H,48,51)(H,49,54)(H,50,53)(H4,38,39,44)(H4,40,41,45)(H4,42,43,47)/t25-,26-,28?/m0/s1. The third-order valence-electron chi connectivity index (χ3n) is 8.10. The number of amidine groups is 1. The van der Waals surface area contributed by atoms with Crippen molar-refractivity contribution in [1.82, 2.24) is 37.2 Å². The van der Waals surface area contributed by atoms with E-state index in [0.717, 1.165) is 11.1 Å². The number of nitrogen functional groups attached to an aromatic ring is 1. The van der Waals surface area contributed by atoms with E-state index in [4.69, 9.17) is 44.6 Å². The molecule has 0 aliphatic carbocycles. The van der Waals surface area contributed by atoms with Crippen LogP contribution in [-0.2, 0) is 38.7 Å². The first kappa shape index (κ1) is 43.8. The highest BCUT2D eigenvalue weighted by Gasteiger charge is 2.31. The predicted molar refractivity (Wildman–Crippen MR) is 207 cm³/mol. The Bertz CT molecular complexity index is 1610. The van der Waals surface area contributed by atoms with Gasteiger partial charge in [0.25, 0.3) is 0 Å². The lowest BCUT2D eigenvalue weighted by molar-refractivity contribution is -0.134. The topological polar surface area (TPSA) is 352 Å². The quantitative estimate of drug-likeness (QED) is 0.0371. The number of nitrogens with two attached hydrogens (primary N) is 4. The smallest absolute Gasteiger partial charge is 0.243 e. The van der Waals surface area contributed by atoms with Crippen LogP contribution < -0.4 is 60.2 Å². The summed E-state index contributed by atoms with van der Waals surface area (Å²) in [6.45, 7) is 4.52. The van der Waals surface area contributed by atoms with Crippen molar-refractivity contribution in [2.24, 2.45) is 28.9 Å². The molecule has 0 bridgehead atoms. The average molecular weight is 750 g/mol. The van der Waals surface area contributed by atoms with E-state index in [1.165, 1.54) is 0 Å². The number of benzene rings is 2. The maximum Gasteiger partial charge on any atom is 0.243 e. The number of carbonyl (C=O) groups is 4. The van der Waals surface area contributed by atoms with E-state index in [-0.39, 0.29) is 62.6 Å². The fourth-order valence-corrected chi connectivity index (χ4v) is 5.16. The molecule has 0 spiro atoms. The molecule has 0 radical (unpaired) electrons. The molecule has 2 rings (SSSR count). The highest BCUT2D eigenvalue weighted by atomic mass is 16.2. The molecule has 19 nitrogen and oxygen atoms in total. The van der Waals surface area contributed by atoms with Crippen molar-refractivity contribution in [2.45, 2.75) is 77.2 Å². The van der Waals surface area contributed by atoms with E-state index in [2.05, 4.69) is 37.2 Å². The van der Waals surface area contributed by atoms with Gasteiger partial charge in [-0.3, -0.25) is 40.8 Å². The zero-order valence-electron chi connectivity index (χ0n) is 30.7. The number of guanidine groups is 3. The molecule has 0 saturated carbocycles. The van der Waals surface area contributed by atoms with E-state index in [9.17, 15) is 19.2 Å².